The summed E-state index contributed by atoms with van der Waals surface area (Å²) in [7, 11) is 0. The lowest BCUT2D eigenvalue weighted by molar-refractivity contribution is 0.0988. The van der Waals surface area contributed by atoms with Crippen molar-refractivity contribution in [2.45, 2.75) is 26.3 Å². The lowest BCUT2D eigenvalue weighted by atomic mass is 10.1. The van der Waals surface area contributed by atoms with Gasteiger partial charge in [-0.1, -0.05) is 6.07 Å². The number of carbonyl (C=O) groups excluding carboxylic acids is 1. The smallest absolute Gasteiger partial charge is 0.313 e. The van der Waals surface area contributed by atoms with Gasteiger partial charge in [-0.05, 0) is 36.1 Å². The van der Waals surface area contributed by atoms with Crippen molar-refractivity contribution in [3.8, 4) is 0 Å². The lowest BCUT2D eigenvalue weighted by Crippen LogP contribution is -2.26. The molecule has 3 aromatic heterocycles. The third-order valence-corrected chi connectivity index (χ3v) is 6.03. The van der Waals surface area contributed by atoms with Gasteiger partial charge in [0.25, 0.3) is 5.89 Å². The van der Waals surface area contributed by atoms with Gasteiger partial charge >= 0.3 is 5.91 Å². The molecule has 8 heteroatoms. The summed E-state index contributed by atoms with van der Waals surface area (Å²) in [5.74, 6) is 0.590. The Morgan fingerprint density at radius 3 is 3.03 bits per heavy atom. The summed E-state index contributed by atoms with van der Waals surface area (Å²) in [6.45, 7) is 4.54. The van der Waals surface area contributed by atoms with Crippen molar-refractivity contribution in [3.05, 3.63) is 64.4 Å². The molecule has 0 radical (unpaired) electrons. The highest BCUT2D eigenvalue weighted by atomic mass is 32.1. The van der Waals surface area contributed by atoms with E-state index in [1.807, 2.05) is 18.5 Å². The van der Waals surface area contributed by atoms with E-state index in [9.17, 15) is 4.79 Å². The van der Waals surface area contributed by atoms with Gasteiger partial charge in [-0.3, -0.25) is 15.0 Å². The third-order valence-electron chi connectivity index (χ3n) is 5.16. The Morgan fingerprint density at radius 1 is 1.28 bits per heavy atom. The Kier molecular flexibility index (Phi) is 4.65. The van der Waals surface area contributed by atoms with E-state index in [0.29, 0.717) is 5.13 Å². The quantitative estimate of drug-likeness (QED) is 0.538. The van der Waals surface area contributed by atoms with Crippen molar-refractivity contribution in [2.24, 2.45) is 0 Å². The van der Waals surface area contributed by atoms with Gasteiger partial charge in [0, 0.05) is 49.6 Å². The van der Waals surface area contributed by atoms with Crippen LogP contribution in [-0.2, 0) is 19.4 Å². The van der Waals surface area contributed by atoms with E-state index in [2.05, 4.69) is 49.4 Å². The number of rotatable bonds is 4. The van der Waals surface area contributed by atoms with Crippen molar-refractivity contribution in [2.75, 3.05) is 18.4 Å². The van der Waals surface area contributed by atoms with Crippen molar-refractivity contribution in [3.63, 3.8) is 0 Å². The SMILES string of the molecule is Cc1csc(NC(=O)c2nc3c(o2)CCN(Cc2ccc4[nH]ccc4c2)CC3)n1. The first-order valence-electron chi connectivity index (χ1n) is 9.64. The van der Waals surface area contributed by atoms with Gasteiger partial charge < -0.3 is 9.40 Å². The number of fused-ring (bicyclic) bond motifs is 2. The fraction of sp³-hybridized carbons (Fsp3) is 0.286. The number of aryl methyl sites for hydroxylation is 1. The number of benzene rings is 1. The monoisotopic (exact) mass is 407 g/mol. The summed E-state index contributed by atoms with van der Waals surface area (Å²) in [5, 5.41) is 6.44. The highest BCUT2D eigenvalue weighted by Gasteiger charge is 2.23. The molecule has 0 saturated carbocycles. The molecule has 1 amide bonds. The van der Waals surface area contributed by atoms with E-state index in [1.165, 1.54) is 22.3 Å². The fourth-order valence-electron chi connectivity index (χ4n) is 3.69. The highest BCUT2D eigenvalue weighted by Crippen LogP contribution is 2.21. The van der Waals surface area contributed by atoms with Crippen molar-refractivity contribution in [1.82, 2.24) is 19.9 Å². The summed E-state index contributed by atoms with van der Waals surface area (Å²) < 4.78 is 5.80. The van der Waals surface area contributed by atoms with Crippen LogP contribution in [0.1, 0.15) is 33.4 Å². The molecular formula is C21H21N5O2S. The average molecular weight is 407 g/mol. The first kappa shape index (κ1) is 18.1. The first-order chi connectivity index (χ1) is 14.1. The largest absolute Gasteiger partial charge is 0.437 e. The first-order valence-corrected chi connectivity index (χ1v) is 10.5. The van der Waals surface area contributed by atoms with E-state index in [0.717, 1.165) is 55.1 Å². The number of nitrogens with one attached hydrogen (secondary N) is 2. The van der Waals surface area contributed by atoms with Crippen LogP contribution in [0.15, 0.2) is 40.3 Å². The van der Waals surface area contributed by atoms with Crippen LogP contribution in [-0.4, -0.2) is 38.8 Å². The Morgan fingerprint density at radius 2 is 2.17 bits per heavy atom. The zero-order valence-corrected chi connectivity index (χ0v) is 16.9. The van der Waals surface area contributed by atoms with Crippen molar-refractivity contribution in [1.29, 1.82) is 0 Å². The number of hydrogen-bond donors (Lipinski definition) is 2. The van der Waals surface area contributed by atoms with Gasteiger partial charge in [-0.15, -0.1) is 11.3 Å². The summed E-state index contributed by atoms with van der Waals surface area (Å²) in [5.41, 5.74) is 4.22. The summed E-state index contributed by atoms with van der Waals surface area (Å²) >= 11 is 1.39. The van der Waals surface area contributed by atoms with Crippen molar-refractivity contribution < 1.29 is 9.21 Å². The van der Waals surface area contributed by atoms with Crippen LogP contribution in [0.2, 0.25) is 0 Å². The molecule has 0 fully saturated rings. The fourth-order valence-corrected chi connectivity index (χ4v) is 4.37. The van der Waals surface area contributed by atoms with Gasteiger partial charge in [0.1, 0.15) is 5.76 Å². The van der Waals surface area contributed by atoms with Crippen LogP contribution < -0.4 is 5.32 Å². The summed E-state index contributed by atoms with van der Waals surface area (Å²) in [6, 6.07) is 8.62. The predicted molar refractivity (Wildman–Crippen MR) is 112 cm³/mol. The second kappa shape index (κ2) is 7.46. The molecule has 29 heavy (non-hydrogen) atoms. The number of H-pyrrole nitrogens is 1. The molecule has 0 atom stereocenters. The van der Waals surface area contributed by atoms with Crippen LogP contribution >= 0.6 is 11.3 Å². The maximum absolute atomic E-state index is 12.4. The lowest BCUT2D eigenvalue weighted by Gasteiger charge is -2.19. The second-order valence-corrected chi connectivity index (χ2v) is 8.17. The number of aromatic nitrogens is 3. The molecule has 1 aliphatic heterocycles. The van der Waals surface area contributed by atoms with E-state index >= 15 is 0 Å². The number of amides is 1. The molecule has 7 nitrogen and oxygen atoms in total. The second-order valence-electron chi connectivity index (χ2n) is 7.31. The Balaban J connectivity index is 1.24. The zero-order chi connectivity index (χ0) is 19.8. The number of nitrogens with zero attached hydrogens (tertiary/aromatic N) is 3. The van der Waals surface area contributed by atoms with Crippen LogP contribution in [0.4, 0.5) is 5.13 Å². The zero-order valence-electron chi connectivity index (χ0n) is 16.1. The van der Waals surface area contributed by atoms with E-state index < -0.39 is 0 Å². The molecule has 0 aliphatic carbocycles. The number of carbonyl (C=O) groups is 1. The number of anilines is 1. The van der Waals surface area contributed by atoms with Crippen molar-refractivity contribution >= 4 is 33.3 Å². The van der Waals surface area contributed by atoms with Gasteiger partial charge in [0.2, 0.25) is 0 Å². The molecule has 4 aromatic rings. The minimum atomic E-state index is -0.343. The predicted octanol–water partition coefficient (Wildman–Crippen LogP) is 3.77. The molecule has 0 saturated heterocycles. The highest BCUT2D eigenvalue weighted by molar-refractivity contribution is 7.13. The molecule has 2 N–H and O–H groups in total. The Bertz CT molecular complexity index is 1150. The molecule has 0 bridgehead atoms. The molecule has 4 heterocycles. The summed E-state index contributed by atoms with van der Waals surface area (Å²) in [6.07, 6.45) is 3.49. The van der Waals surface area contributed by atoms with Crippen LogP contribution in [0.3, 0.4) is 0 Å². The topological polar surface area (TPSA) is 87.0 Å². The molecule has 1 aromatic carbocycles. The van der Waals surface area contributed by atoms with Gasteiger partial charge in [-0.25, -0.2) is 9.97 Å². The van der Waals surface area contributed by atoms with Crippen LogP contribution in [0, 0.1) is 6.92 Å². The minimum Gasteiger partial charge on any atom is -0.437 e. The van der Waals surface area contributed by atoms with Gasteiger partial charge in [-0.2, -0.15) is 0 Å². The molecule has 1 aliphatic rings. The average Bonchev–Trinajstić information content (AvgIpc) is 3.41. The Labute approximate surface area is 171 Å². The molecule has 5 rings (SSSR count). The molecule has 148 valence electrons. The van der Waals surface area contributed by atoms with Gasteiger partial charge in [0.05, 0.1) is 11.4 Å². The molecule has 0 unspecified atom stereocenters. The maximum Gasteiger partial charge on any atom is 0.313 e. The Hall–Kier alpha value is -2.97. The van der Waals surface area contributed by atoms with E-state index in [-0.39, 0.29) is 11.8 Å². The van der Waals surface area contributed by atoms with Crippen LogP contribution in [0.5, 0.6) is 0 Å². The maximum atomic E-state index is 12.4. The van der Waals surface area contributed by atoms with Gasteiger partial charge in [0.15, 0.2) is 5.13 Å². The molecule has 0 spiro atoms. The number of hydrogen-bond acceptors (Lipinski definition) is 6. The number of thiazole rings is 1. The number of aromatic amines is 1. The molecular weight excluding hydrogens is 386 g/mol. The number of oxazole rings is 1. The standard InChI is InChI=1S/C21H21N5O2S/c1-13-12-29-21(23-13)25-19(27)20-24-17-5-8-26(9-6-18(17)28-20)11-14-2-3-16-15(10-14)4-7-22-16/h2-4,7,10,12,22H,5-6,8-9,11H2,1H3,(H,23,25,27). The summed E-state index contributed by atoms with van der Waals surface area (Å²) in [4.78, 5) is 26.7. The van der Waals surface area contributed by atoms with E-state index in [4.69, 9.17) is 4.42 Å². The third kappa shape index (κ3) is 3.81. The van der Waals surface area contributed by atoms with Crippen LogP contribution in [0.25, 0.3) is 10.9 Å². The normalized spacial score (nSPS) is 14.7. The minimum absolute atomic E-state index is 0.120. The van der Waals surface area contributed by atoms with E-state index in [1.54, 1.807) is 0 Å².